The Balaban J connectivity index is 1.90. The normalized spacial score (nSPS) is 27.8. The number of hydrogen-bond acceptors (Lipinski definition) is 3. The van der Waals surface area contributed by atoms with Crippen LogP contribution in [0.4, 0.5) is 8.78 Å². The fourth-order valence-corrected chi connectivity index (χ4v) is 3.57. The number of amides is 2. The van der Waals surface area contributed by atoms with E-state index in [4.69, 9.17) is 4.74 Å². The number of carbonyl (C=O) groups excluding carboxylic acids is 2. The first kappa shape index (κ1) is 19.1. The molecule has 0 spiro atoms. The number of rotatable bonds is 5. The van der Waals surface area contributed by atoms with Crippen LogP contribution in [0.15, 0.2) is 0 Å². The van der Waals surface area contributed by atoms with Crippen molar-refractivity contribution in [3.63, 3.8) is 0 Å². The van der Waals surface area contributed by atoms with E-state index in [1.165, 1.54) is 0 Å². The van der Waals surface area contributed by atoms with Gasteiger partial charge in [-0.1, -0.05) is 0 Å². The molecule has 5 nitrogen and oxygen atoms in total. The first-order chi connectivity index (χ1) is 11.3. The quantitative estimate of drug-likeness (QED) is 0.777. The largest absolute Gasteiger partial charge is 0.383 e. The van der Waals surface area contributed by atoms with Crippen molar-refractivity contribution in [3.8, 4) is 0 Å². The number of nitrogens with one attached hydrogen (secondary N) is 1. The fourth-order valence-electron chi connectivity index (χ4n) is 3.57. The van der Waals surface area contributed by atoms with Crippen molar-refractivity contribution in [2.24, 2.45) is 11.8 Å². The second-order valence-corrected chi connectivity index (χ2v) is 7.03. The molecule has 1 saturated heterocycles. The summed E-state index contributed by atoms with van der Waals surface area (Å²) in [6.07, 6.45) is 1.54. The molecule has 2 rings (SSSR count). The van der Waals surface area contributed by atoms with Crippen LogP contribution in [0.2, 0.25) is 0 Å². The van der Waals surface area contributed by atoms with E-state index in [0.29, 0.717) is 19.7 Å². The predicted molar refractivity (Wildman–Crippen MR) is 85.7 cm³/mol. The molecule has 1 aliphatic heterocycles. The number of halogens is 2. The van der Waals surface area contributed by atoms with Gasteiger partial charge in [0.15, 0.2) is 0 Å². The summed E-state index contributed by atoms with van der Waals surface area (Å²) in [7, 11) is 1.57. The van der Waals surface area contributed by atoms with E-state index in [1.807, 2.05) is 6.92 Å². The van der Waals surface area contributed by atoms with Crippen LogP contribution in [-0.2, 0) is 14.3 Å². The molecule has 138 valence electrons. The van der Waals surface area contributed by atoms with Gasteiger partial charge in [0.1, 0.15) is 0 Å². The Morgan fingerprint density at radius 1 is 1.17 bits per heavy atom. The second kappa shape index (κ2) is 8.23. The van der Waals surface area contributed by atoms with Crippen LogP contribution in [-0.4, -0.2) is 55.5 Å². The molecule has 0 unspecified atom stereocenters. The van der Waals surface area contributed by atoms with Crippen molar-refractivity contribution in [2.45, 2.75) is 57.4 Å². The third kappa shape index (κ3) is 4.88. The molecule has 24 heavy (non-hydrogen) atoms. The Morgan fingerprint density at radius 3 is 2.46 bits per heavy atom. The number of ether oxygens (including phenoxy) is 1. The monoisotopic (exact) mass is 346 g/mol. The summed E-state index contributed by atoms with van der Waals surface area (Å²) in [4.78, 5) is 26.7. The van der Waals surface area contributed by atoms with E-state index in [9.17, 15) is 18.4 Å². The zero-order valence-electron chi connectivity index (χ0n) is 14.5. The standard InChI is InChI=1S/C17H28F2N2O3/c1-12-3-4-14(15(22)20-9-10-24-2)11-21(12)16(23)13-5-7-17(18,19)8-6-13/h12-14H,3-11H2,1-2H3,(H,20,22)/t12-,14-/m0/s1. The molecule has 0 aromatic rings. The SMILES string of the molecule is COCCNC(=O)[C@H]1CC[C@H](C)N(C(=O)C2CCC(F)(F)CC2)C1. The molecule has 2 fully saturated rings. The lowest BCUT2D eigenvalue weighted by Gasteiger charge is -2.40. The van der Waals surface area contributed by atoms with E-state index in [2.05, 4.69) is 5.32 Å². The van der Waals surface area contributed by atoms with Gasteiger partial charge in [0.05, 0.1) is 12.5 Å². The Kier molecular flexibility index (Phi) is 6.54. The highest BCUT2D eigenvalue weighted by atomic mass is 19.3. The molecular formula is C17H28F2N2O3. The molecule has 0 aromatic heterocycles. The maximum Gasteiger partial charge on any atom is 0.248 e. The molecule has 1 heterocycles. The van der Waals surface area contributed by atoms with Crippen LogP contribution in [0.1, 0.15) is 45.4 Å². The van der Waals surface area contributed by atoms with Crippen LogP contribution < -0.4 is 5.32 Å². The number of alkyl halides is 2. The topological polar surface area (TPSA) is 58.6 Å². The summed E-state index contributed by atoms with van der Waals surface area (Å²) in [5, 5.41) is 2.82. The smallest absolute Gasteiger partial charge is 0.248 e. The van der Waals surface area contributed by atoms with Crippen LogP contribution in [0.5, 0.6) is 0 Å². The molecule has 1 N–H and O–H groups in total. The molecule has 0 aromatic carbocycles. The van der Waals surface area contributed by atoms with Gasteiger partial charge < -0.3 is 15.0 Å². The minimum atomic E-state index is -2.63. The summed E-state index contributed by atoms with van der Waals surface area (Å²) in [5.41, 5.74) is 0. The van der Waals surface area contributed by atoms with Gasteiger partial charge in [0.25, 0.3) is 0 Å². The van der Waals surface area contributed by atoms with Gasteiger partial charge >= 0.3 is 0 Å². The van der Waals surface area contributed by atoms with E-state index >= 15 is 0 Å². The van der Waals surface area contributed by atoms with Gasteiger partial charge in [-0.3, -0.25) is 9.59 Å². The maximum atomic E-state index is 13.3. The summed E-state index contributed by atoms with van der Waals surface area (Å²) in [6.45, 7) is 3.25. The molecule has 0 radical (unpaired) electrons. The van der Waals surface area contributed by atoms with Crippen molar-refractivity contribution < 1.29 is 23.1 Å². The van der Waals surface area contributed by atoms with E-state index in [0.717, 1.165) is 12.8 Å². The Hall–Kier alpha value is -1.24. The van der Waals surface area contributed by atoms with E-state index in [-0.39, 0.29) is 55.4 Å². The zero-order chi connectivity index (χ0) is 17.7. The van der Waals surface area contributed by atoms with Crippen LogP contribution in [0.25, 0.3) is 0 Å². The first-order valence-corrected chi connectivity index (χ1v) is 8.79. The van der Waals surface area contributed by atoms with Crippen LogP contribution in [0.3, 0.4) is 0 Å². The number of carbonyl (C=O) groups is 2. The number of methoxy groups -OCH3 is 1. The highest BCUT2D eigenvalue weighted by Gasteiger charge is 2.41. The lowest BCUT2D eigenvalue weighted by molar-refractivity contribution is -0.145. The van der Waals surface area contributed by atoms with Crippen LogP contribution in [0, 0.1) is 11.8 Å². The molecule has 2 amide bonds. The summed E-state index contributed by atoms with van der Waals surface area (Å²) >= 11 is 0. The average molecular weight is 346 g/mol. The third-order valence-corrected chi connectivity index (χ3v) is 5.21. The fraction of sp³-hybridized carbons (Fsp3) is 0.882. The number of likely N-dealkylation sites (tertiary alicyclic amines) is 1. The van der Waals surface area contributed by atoms with Gasteiger partial charge in [-0.15, -0.1) is 0 Å². The number of hydrogen-bond donors (Lipinski definition) is 1. The predicted octanol–water partition coefficient (Wildman–Crippen LogP) is 2.20. The first-order valence-electron chi connectivity index (χ1n) is 8.79. The lowest BCUT2D eigenvalue weighted by Crippen LogP contribution is -2.52. The zero-order valence-corrected chi connectivity index (χ0v) is 14.5. The molecule has 2 atom stereocenters. The van der Waals surface area contributed by atoms with Gasteiger partial charge in [-0.2, -0.15) is 0 Å². The second-order valence-electron chi connectivity index (χ2n) is 7.03. The van der Waals surface area contributed by atoms with Crippen molar-refractivity contribution in [3.05, 3.63) is 0 Å². The highest BCUT2D eigenvalue weighted by molar-refractivity contribution is 5.82. The molecular weight excluding hydrogens is 318 g/mol. The van der Waals surface area contributed by atoms with Crippen molar-refractivity contribution in [1.29, 1.82) is 0 Å². The lowest BCUT2D eigenvalue weighted by atomic mass is 9.84. The van der Waals surface area contributed by atoms with Crippen molar-refractivity contribution in [1.82, 2.24) is 10.2 Å². The minimum Gasteiger partial charge on any atom is -0.383 e. The molecule has 0 bridgehead atoms. The molecule has 2 aliphatic rings. The number of nitrogens with zero attached hydrogens (tertiary/aromatic N) is 1. The summed E-state index contributed by atoms with van der Waals surface area (Å²) < 4.78 is 31.5. The average Bonchev–Trinajstić information content (AvgIpc) is 2.55. The van der Waals surface area contributed by atoms with Crippen molar-refractivity contribution >= 4 is 11.8 Å². The Labute approximate surface area is 142 Å². The van der Waals surface area contributed by atoms with Crippen LogP contribution >= 0.6 is 0 Å². The maximum absolute atomic E-state index is 13.3. The molecule has 7 heteroatoms. The molecule has 1 saturated carbocycles. The Morgan fingerprint density at radius 2 is 1.83 bits per heavy atom. The Bertz CT molecular complexity index is 449. The van der Waals surface area contributed by atoms with Gasteiger partial charge in [0.2, 0.25) is 17.7 Å². The highest BCUT2D eigenvalue weighted by Crippen LogP contribution is 2.37. The summed E-state index contributed by atoms with van der Waals surface area (Å²) in [5.74, 6) is -3.32. The van der Waals surface area contributed by atoms with E-state index < -0.39 is 5.92 Å². The van der Waals surface area contributed by atoms with Gasteiger partial charge in [0, 0.05) is 45.0 Å². The van der Waals surface area contributed by atoms with E-state index in [1.54, 1.807) is 12.0 Å². The van der Waals surface area contributed by atoms with Gasteiger partial charge in [-0.05, 0) is 32.6 Å². The molecule has 1 aliphatic carbocycles. The van der Waals surface area contributed by atoms with Gasteiger partial charge in [-0.25, -0.2) is 8.78 Å². The number of piperidine rings is 1. The van der Waals surface area contributed by atoms with Crippen molar-refractivity contribution in [2.75, 3.05) is 26.8 Å². The summed E-state index contributed by atoms with van der Waals surface area (Å²) in [6, 6.07) is 0.0583. The minimum absolute atomic E-state index is 0.0583. The third-order valence-electron chi connectivity index (χ3n) is 5.21.